The van der Waals surface area contributed by atoms with Gasteiger partial charge in [-0.15, -0.1) is 0 Å². The normalized spacial score (nSPS) is 21.1. The fraction of sp³-hybridized carbons (Fsp3) is 0.571. The first-order valence-corrected chi connectivity index (χ1v) is 6.55. The summed E-state index contributed by atoms with van der Waals surface area (Å²) in [5.41, 5.74) is 0.730. The first kappa shape index (κ1) is 13.3. The third kappa shape index (κ3) is 3.21. The molecule has 0 bridgehead atoms. The lowest BCUT2D eigenvalue weighted by Gasteiger charge is -2.33. The standard InChI is InChI=1S/C14H22FN3/c1-17(2)11-12-10-16-8-5-9-18(12)14-7-4-3-6-13(14)15/h3-4,6-7,12,16H,5,8-11H2,1-2H3. The summed E-state index contributed by atoms with van der Waals surface area (Å²) in [5, 5.41) is 3.43. The summed E-state index contributed by atoms with van der Waals surface area (Å²) < 4.78 is 13.9. The second-order valence-electron chi connectivity index (χ2n) is 5.12. The van der Waals surface area contributed by atoms with Crippen molar-refractivity contribution in [3.05, 3.63) is 30.1 Å². The van der Waals surface area contributed by atoms with Crippen molar-refractivity contribution in [2.75, 3.05) is 45.2 Å². The van der Waals surface area contributed by atoms with Gasteiger partial charge < -0.3 is 15.1 Å². The predicted molar refractivity (Wildman–Crippen MR) is 73.6 cm³/mol. The summed E-state index contributed by atoms with van der Waals surface area (Å²) in [6.45, 7) is 3.76. The summed E-state index contributed by atoms with van der Waals surface area (Å²) >= 11 is 0. The number of nitrogens with zero attached hydrogens (tertiary/aromatic N) is 2. The van der Waals surface area contributed by atoms with Crippen molar-refractivity contribution >= 4 is 5.69 Å². The molecular weight excluding hydrogens is 229 g/mol. The monoisotopic (exact) mass is 251 g/mol. The van der Waals surface area contributed by atoms with Gasteiger partial charge in [-0.1, -0.05) is 12.1 Å². The number of hydrogen-bond donors (Lipinski definition) is 1. The lowest BCUT2D eigenvalue weighted by Crippen LogP contribution is -2.46. The fourth-order valence-electron chi connectivity index (χ4n) is 2.52. The van der Waals surface area contributed by atoms with Crippen molar-refractivity contribution in [2.24, 2.45) is 0 Å². The number of rotatable bonds is 3. The van der Waals surface area contributed by atoms with Crippen molar-refractivity contribution in [3.8, 4) is 0 Å². The Morgan fingerprint density at radius 3 is 2.89 bits per heavy atom. The molecule has 1 heterocycles. The molecule has 0 amide bonds. The Hall–Kier alpha value is -1.13. The van der Waals surface area contributed by atoms with Gasteiger partial charge in [-0.2, -0.15) is 0 Å². The van der Waals surface area contributed by atoms with Gasteiger partial charge in [0.05, 0.1) is 11.7 Å². The highest BCUT2D eigenvalue weighted by Crippen LogP contribution is 2.22. The molecule has 0 saturated carbocycles. The van der Waals surface area contributed by atoms with Crippen LogP contribution >= 0.6 is 0 Å². The highest BCUT2D eigenvalue weighted by Gasteiger charge is 2.23. The SMILES string of the molecule is CN(C)CC1CNCCCN1c1ccccc1F. The van der Waals surface area contributed by atoms with Crippen LogP contribution in [-0.4, -0.2) is 51.2 Å². The number of hydrogen-bond acceptors (Lipinski definition) is 3. The zero-order valence-electron chi connectivity index (χ0n) is 11.2. The minimum atomic E-state index is -0.122. The average Bonchev–Trinajstić information content (AvgIpc) is 2.55. The van der Waals surface area contributed by atoms with Crippen molar-refractivity contribution in [1.82, 2.24) is 10.2 Å². The highest BCUT2D eigenvalue weighted by molar-refractivity contribution is 5.49. The van der Waals surface area contributed by atoms with Crippen molar-refractivity contribution in [1.29, 1.82) is 0 Å². The first-order valence-electron chi connectivity index (χ1n) is 6.55. The van der Waals surface area contributed by atoms with E-state index in [1.165, 1.54) is 0 Å². The van der Waals surface area contributed by atoms with Gasteiger partial charge >= 0.3 is 0 Å². The first-order chi connectivity index (χ1) is 8.68. The molecule has 1 saturated heterocycles. The van der Waals surface area contributed by atoms with Gasteiger partial charge in [-0.05, 0) is 39.2 Å². The smallest absolute Gasteiger partial charge is 0.146 e. The molecule has 0 radical (unpaired) electrons. The van der Waals surface area contributed by atoms with E-state index in [9.17, 15) is 4.39 Å². The maximum absolute atomic E-state index is 13.9. The number of benzene rings is 1. The second kappa shape index (κ2) is 6.16. The Bertz CT molecular complexity index is 381. The van der Waals surface area contributed by atoms with E-state index in [1.807, 2.05) is 12.1 Å². The molecule has 18 heavy (non-hydrogen) atoms. The molecule has 2 rings (SSSR count). The number of nitrogens with one attached hydrogen (secondary N) is 1. The molecule has 1 N–H and O–H groups in total. The van der Waals surface area contributed by atoms with Crippen LogP contribution in [0.15, 0.2) is 24.3 Å². The van der Waals surface area contributed by atoms with E-state index < -0.39 is 0 Å². The molecule has 1 atom stereocenters. The lowest BCUT2D eigenvalue weighted by molar-refractivity contribution is 0.360. The Labute approximate surface area is 109 Å². The van der Waals surface area contributed by atoms with Crippen molar-refractivity contribution in [3.63, 3.8) is 0 Å². The van der Waals surface area contributed by atoms with Gasteiger partial charge in [0.2, 0.25) is 0 Å². The predicted octanol–water partition coefficient (Wildman–Crippen LogP) is 1.56. The molecule has 1 aliphatic heterocycles. The molecule has 100 valence electrons. The van der Waals surface area contributed by atoms with E-state index in [0.717, 1.165) is 38.3 Å². The highest BCUT2D eigenvalue weighted by atomic mass is 19.1. The van der Waals surface area contributed by atoms with Crippen LogP contribution in [0.25, 0.3) is 0 Å². The van der Waals surface area contributed by atoms with Crippen LogP contribution in [0.4, 0.5) is 10.1 Å². The third-order valence-corrected chi connectivity index (χ3v) is 3.31. The average molecular weight is 251 g/mol. The topological polar surface area (TPSA) is 18.5 Å². The number of anilines is 1. The van der Waals surface area contributed by atoms with E-state index in [1.54, 1.807) is 12.1 Å². The zero-order valence-corrected chi connectivity index (χ0v) is 11.2. The van der Waals surface area contributed by atoms with E-state index in [0.29, 0.717) is 6.04 Å². The molecule has 0 aliphatic carbocycles. The van der Waals surface area contributed by atoms with Crippen LogP contribution in [-0.2, 0) is 0 Å². The number of para-hydroxylation sites is 1. The van der Waals surface area contributed by atoms with Gasteiger partial charge in [0, 0.05) is 19.6 Å². The van der Waals surface area contributed by atoms with Gasteiger partial charge in [-0.3, -0.25) is 0 Å². The van der Waals surface area contributed by atoms with Gasteiger partial charge in [0.25, 0.3) is 0 Å². The van der Waals surface area contributed by atoms with E-state index in [4.69, 9.17) is 0 Å². The summed E-state index contributed by atoms with van der Waals surface area (Å²) in [7, 11) is 4.12. The largest absolute Gasteiger partial charge is 0.364 e. The molecule has 1 aliphatic rings. The van der Waals surface area contributed by atoms with Crippen molar-refractivity contribution < 1.29 is 4.39 Å². The number of likely N-dealkylation sites (N-methyl/N-ethyl adjacent to an activating group) is 1. The van der Waals surface area contributed by atoms with Gasteiger partial charge in [-0.25, -0.2) is 4.39 Å². The maximum Gasteiger partial charge on any atom is 0.146 e. The summed E-state index contributed by atoms with van der Waals surface area (Å²) in [6.07, 6.45) is 1.05. The Kier molecular flexibility index (Phi) is 4.55. The Morgan fingerprint density at radius 2 is 2.17 bits per heavy atom. The van der Waals surface area contributed by atoms with Crippen LogP contribution in [0, 0.1) is 5.82 Å². The van der Waals surface area contributed by atoms with Crippen LogP contribution in [0.5, 0.6) is 0 Å². The molecule has 1 fully saturated rings. The summed E-state index contributed by atoms with van der Waals surface area (Å²) in [5.74, 6) is -0.122. The molecule has 0 aromatic heterocycles. The fourth-order valence-corrected chi connectivity index (χ4v) is 2.52. The molecule has 1 unspecified atom stereocenters. The zero-order chi connectivity index (χ0) is 13.0. The Balaban J connectivity index is 2.22. The molecular formula is C14H22FN3. The quantitative estimate of drug-likeness (QED) is 0.879. The molecule has 0 spiro atoms. The van der Waals surface area contributed by atoms with E-state index >= 15 is 0 Å². The van der Waals surface area contributed by atoms with E-state index in [-0.39, 0.29) is 5.82 Å². The second-order valence-corrected chi connectivity index (χ2v) is 5.12. The lowest BCUT2D eigenvalue weighted by atomic mass is 10.2. The number of halogens is 1. The minimum Gasteiger partial charge on any atom is -0.364 e. The molecule has 1 aromatic carbocycles. The molecule has 4 heteroatoms. The minimum absolute atomic E-state index is 0.122. The molecule has 1 aromatic rings. The van der Waals surface area contributed by atoms with Crippen LogP contribution < -0.4 is 10.2 Å². The van der Waals surface area contributed by atoms with Gasteiger partial charge in [0.15, 0.2) is 0 Å². The van der Waals surface area contributed by atoms with Crippen LogP contribution in [0.1, 0.15) is 6.42 Å². The molecule has 3 nitrogen and oxygen atoms in total. The summed E-state index contributed by atoms with van der Waals surface area (Å²) in [6, 6.07) is 7.39. The van der Waals surface area contributed by atoms with Crippen LogP contribution in [0.2, 0.25) is 0 Å². The maximum atomic E-state index is 13.9. The van der Waals surface area contributed by atoms with Crippen molar-refractivity contribution in [2.45, 2.75) is 12.5 Å². The third-order valence-electron chi connectivity index (χ3n) is 3.31. The summed E-state index contributed by atoms with van der Waals surface area (Å²) in [4.78, 5) is 4.36. The Morgan fingerprint density at radius 1 is 1.39 bits per heavy atom. The van der Waals surface area contributed by atoms with Crippen LogP contribution in [0.3, 0.4) is 0 Å². The van der Waals surface area contributed by atoms with E-state index in [2.05, 4.69) is 29.2 Å². The van der Waals surface area contributed by atoms with Gasteiger partial charge in [0.1, 0.15) is 5.82 Å².